The monoisotopic (exact) mass is 490 g/mol. The van der Waals surface area contributed by atoms with Gasteiger partial charge in [-0.25, -0.2) is 4.68 Å². The summed E-state index contributed by atoms with van der Waals surface area (Å²) >= 11 is 0. The molecule has 0 spiro atoms. The van der Waals surface area contributed by atoms with Crippen molar-refractivity contribution >= 4 is 36.0 Å². The fourth-order valence-electron chi connectivity index (χ4n) is 3.82. The van der Waals surface area contributed by atoms with Crippen LogP contribution >= 0.6 is 12.4 Å². The molecular formula is C22H27ClN6O5. The van der Waals surface area contributed by atoms with Gasteiger partial charge in [0, 0.05) is 17.2 Å². The highest BCUT2D eigenvalue weighted by Crippen LogP contribution is 2.25. The Bertz CT molecular complexity index is 1140. The number of nitrogens with one attached hydrogen (secondary N) is 2. The highest BCUT2D eigenvalue weighted by atomic mass is 35.5. The molecule has 1 aliphatic carbocycles. The number of carbonyl (C=O) groups is 3. The second kappa shape index (κ2) is 11.4. The fourth-order valence-corrected chi connectivity index (χ4v) is 3.82. The fraction of sp³-hybridized carbons (Fsp3) is 0.364. The average molecular weight is 491 g/mol. The van der Waals surface area contributed by atoms with Gasteiger partial charge in [0.1, 0.15) is 17.9 Å². The number of rotatable bonds is 7. The molecular weight excluding hydrogens is 464 g/mol. The highest BCUT2D eigenvalue weighted by Gasteiger charge is 2.28. The molecule has 1 fully saturated rings. The smallest absolute Gasteiger partial charge is 0.308 e. The van der Waals surface area contributed by atoms with Crippen LogP contribution in [0.3, 0.4) is 0 Å². The van der Waals surface area contributed by atoms with E-state index in [1.54, 1.807) is 24.3 Å². The molecule has 0 bridgehead atoms. The number of amides is 2. The Morgan fingerprint density at radius 1 is 1.15 bits per heavy atom. The first-order valence-corrected chi connectivity index (χ1v) is 10.4. The molecule has 1 aliphatic rings. The number of aromatic nitrogens is 2. The van der Waals surface area contributed by atoms with Crippen LogP contribution in [0.4, 0.5) is 0 Å². The Kier molecular flexibility index (Phi) is 8.90. The number of amidine groups is 1. The first-order chi connectivity index (χ1) is 15.7. The number of nitrogens with two attached hydrogens (primary N) is 2. The molecule has 3 rings (SSSR count). The Morgan fingerprint density at radius 3 is 2.29 bits per heavy atom. The number of primary amides is 1. The number of esters is 1. The number of ether oxygens (including phenoxy) is 1. The maximum absolute atomic E-state index is 13.0. The molecule has 6 N–H and O–H groups in total. The zero-order chi connectivity index (χ0) is 24.1. The zero-order valence-corrected chi connectivity index (χ0v) is 19.4. The molecule has 1 aromatic carbocycles. The van der Waals surface area contributed by atoms with E-state index >= 15 is 0 Å². The number of hydrogen-bond acceptors (Lipinski definition) is 7. The van der Waals surface area contributed by atoms with Gasteiger partial charge >= 0.3 is 5.97 Å². The van der Waals surface area contributed by atoms with Gasteiger partial charge in [0.15, 0.2) is 0 Å². The number of nitrogen functional groups attached to an aromatic ring is 1. The van der Waals surface area contributed by atoms with Gasteiger partial charge in [-0.15, -0.1) is 12.4 Å². The maximum atomic E-state index is 13.0. The minimum atomic E-state index is -0.777. The summed E-state index contributed by atoms with van der Waals surface area (Å²) in [4.78, 5) is 48.9. The lowest BCUT2D eigenvalue weighted by Crippen LogP contribution is -2.42. The van der Waals surface area contributed by atoms with Crippen LogP contribution in [0.25, 0.3) is 11.3 Å². The summed E-state index contributed by atoms with van der Waals surface area (Å²) in [5.74, 6) is -1.93. The lowest BCUT2D eigenvalue weighted by atomic mass is 9.86. The Balaban J connectivity index is 0.00000408. The molecule has 2 aromatic rings. The van der Waals surface area contributed by atoms with E-state index in [4.69, 9.17) is 21.6 Å². The van der Waals surface area contributed by atoms with Gasteiger partial charge in [0.25, 0.3) is 11.5 Å². The lowest BCUT2D eigenvalue weighted by Gasteiger charge is -2.27. The van der Waals surface area contributed by atoms with E-state index in [1.807, 2.05) is 0 Å². The summed E-state index contributed by atoms with van der Waals surface area (Å²) in [6.07, 6.45) is 2.30. The van der Waals surface area contributed by atoms with Crippen LogP contribution < -0.4 is 22.3 Å². The molecule has 11 nitrogen and oxygen atoms in total. The number of carbonyl (C=O) groups excluding carboxylic acids is 3. The lowest BCUT2D eigenvalue weighted by molar-refractivity contribution is -0.146. The molecule has 1 saturated carbocycles. The Morgan fingerprint density at radius 2 is 1.76 bits per heavy atom. The Labute approximate surface area is 201 Å². The summed E-state index contributed by atoms with van der Waals surface area (Å²) in [6.45, 7) is -0.483. The van der Waals surface area contributed by atoms with Crippen molar-refractivity contribution in [1.29, 1.82) is 5.41 Å². The minimum Gasteiger partial charge on any atom is -0.469 e. The van der Waals surface area contributed by atoms with Gasteiger partial charge in [-0.05, 0) is 31.7 Å². The number of hydrogen-bond donors (Lipinski definition) is 4. The van der Waals surface area contributed by atoms with Gasteiger partial charge in [-0.1, -0.05) is 24.3 Å². The van der Waals surface area contributed by atoms with Gasteiger partial charge in [0.2, 0.25) is 5.91 Å². The maximum Gasteiger partial charge on any atom is 0.308 e. The van der Waals surface area contributed by atoms with Crippen molar-refractivity contribution in [2.24, 2.45) is 17.4 Å². The second-order valence-corrected chi connectivity index (χ2v) is 7.91. The van der Waals surface area contributed by atoms with Crippen molar-refractivity contribution < 1.29 is 19.1 Å². The normalized spacial score (nSPS) is 17.2. The van der Waals surface area contributed by atoms with Crippen molar-refractivity contribution in [3.8, 4) is 11.3 Å². The van der Waals surface area contributed by atoms with E-state index in [9.17, 15) is 19.2 Å². The molecule has 2 amide bonds. The predicted molar refractivity (Wildman–Crippen MR) is 127 cm³/mol. The highest BCUT2D eigenvalue weighted by molar-refractivity contribution is 5.96. The molecule has 1 heterocycles. The minimum absolute atomic E-state index is 0. The van der Waals surface area contributed by atoms with Gasteiger partial charge < -0.3 is 21.5 Å². The molecule has 12 heteroatoms. The van der Waals surface area contributed by atoms with Crippen molar-refractivity contribution in [3.63, 3.8) is 0 Å². The van der Waals surface area contributed by atoms with E-state index in [-0.39, 0.29) is 47.4 Å². The molecule has 0 saturated heterocycles. The van der Waals surface area contributed by atoms with Gasteiger partial charge in [-0.2, -0.15) is 5.10 Å². The number of benzene rings is 1. The summed E-state index contributed by atoms with van der Waals surface area (Å²) in [5, 5.41) is 14.5. The number of halogens is 1. The molecule has 34 heavy (non-hydrogen) atoms. The molecule has 0 atom stereocenters. The zero-order valence-electron chi connectivity index (χ0n) is 18.6. The van der Waals surface area contributed by atoms with E-state index in [2.05, 4.69) is 10.4 Å². The molecule has 0 unspecified atom stereocenters. The average Bonchev–Trinajstić information content (AvgIpc) is 2.80. The van der Waals surface area contributed by atoms with Crippen LogP contribution in [0.15, 0.2) is 35.1 Å². The topological polar surface area (TPSA) is 183 Å². The standard InChI is InChI=1S/C22H26N6O5.ClH/c1-33-22(32)14-6-8-15(9-7-14)26-20(30)16-10-17(27-28(21(16)31)11-18(23)29)12-2-4-13(5-3-12)19(24)25;/h2-5,10,14-15H,6-9,11H2,1H3,(H2,23,29)(H3,24,25)(H,26,30);1H. The summed E-state index contributed by atoms with van der Waals surface area (Å²) in [7, 11) is 1.35. The van der Waals surface area contributed by atoms with Crippen LogP contribution in [0, 0.1) is 11.3 Å². The third-order valence-electron chi connectivity index (χ3n) is 5.61. The van der Waals surface area contributed by atoms with Crippen LogP contribution in [-0.2, 0) is 20.9 Å². The van der Waals surface area contributed by atoms with Crippen LogP contribution in [0.2, 0.25) is 0 Å². The van der Waals surface area contributed by atoms with Crippen molar-refractivity contribution in [2.45, 2.75) is 38.3 Å². The van der Waals surface area contributed by atoms with Gasteiger partial charge in [-0.3, -0.25) is 24.6 Å². The second-order valence-electron chi connectivity index (χ2n) is 7.91. The quantitative estimate of drug-likeness (QED) is 0.248. The molecule has 1 aromatic heterocycles. The number of methoxy groups -OCH3 is 1. The molecule has 0 radical (unpaired) electrons. The summed E-state index contributed by atoms with van der Waals surface area (Å²) < 4.78 is 5.64. The van der Waals surface area contributed by atoms with Crippen molar-refractivity contribution in [1.82, 2.24) is 15.1 Å². The van der Waals surface area contributed by atoms with E-state index < -0.39 is 23.9 Å². The number of nitrogens with zero attached hydrogens (tertiary/aromatic N) is 2. The largest absolute Gasteiger partial charge is 0.469 e. The van der Waals surface area contributed by atoms with Crippen molar-refractivity contribution in [3.05, 3.63) is 51.8 Å². The first kappa shape index (κ1) is 26.5. The van der Waals surface area contributed by atoms with Crippen LogP contribution in [-0.4, -0.2) is 46.6 Å². The summed E-state index contributed by atoms with van der Waals surface area (Å²) in [5.41, 5.74) is 11.2. The molecule has 0 aliphatic heterocycles. The van der Waals surface area contributed by atoms with E-state index in [1.165, 1.54) is 13.2 Å². The van der Waals surface area contributed by atoms with Crippen LogP contribution in [0.5, 0.6) is 0 Å². The Hall–Kier alpha value is -3.73. The third-order valence-corrected chi connectivity index (χ3v) is 5.61. The summed E-state index contributed by atoms with van der Waals surface area (Å²) in [6, 6.07) is 7.68. The van der Waals surface area contributed by atoms with E-state index in [0.717, 1.165) is 4.68 Å². The third kappa shape index (κ3) is 6.19. The van der Waals surface area contributed by atoms with Crippen molar-refractivity contribution in [2.75, 3.05) is 7.11 Å². The van der Waals surface area contributed by atoms with E-state index in [0.29, 0.717) is 36.8 Å². The predicted octanol–water partition coefficient (Wildman–Crippen LogP) is 0.563. The first-order valence-electron chi connectivity index (χ1n) is 10.4. The van der Waals surface area contributed by atoms with Crippen LogP contribution in [0.1, 0.15) is 41.6 Å². The SMILES string of the molecule is COC(=O)C1CCC(NC(=O)c2cc(-c3ccc(C(=N)N)cc3)nn(CC(N)=O)c2=O)CC1.Cl. The van der Waals surface area contributed by atoms with Gasteiger partial charge in [0.05, 0.1) is 18.7 Å². The molecule has 182 valence electrons.